The first-order chi connectivity index (χ1) is 5.62. The second-order valence-corrected chi connectivity index (χ2v) is 4.21. The Balaban J connectivity index is 3.33. The second kappa shape index (κ2) is 6.56. The van der Waals surface area contributed by atoms with E-state index >= 15 is 0 Å². The second-order valence-electron chi connectivity index (χ2n) is 2.54. The third-order valence-corrected chi connectivity index (χ3v) is 2.62. The van der Waals surface area contributed by atoms with E-state index in [2.05, 4.69) is 11.3 Å². The van der Waals surface area contributed by atoms with E-state index in [0.29, 0.717) is 6.61 Å². The van der Waals surface area contributed by atoms with Crippen molar-refractivity contribution in [1.82, 2.24) is 0 Å². The van der Waals surface area contributed by atoms with Crippen molar-refractivity contribution in [3.63, 3.8) is 0 Å². The van der Waals surface area contributed by atoms with Gasteiger partial charge in [-0.2, -0.15) is 0 Å². The molecule has 0 heterocycles. The summed E-state index contributed by atoms with van der Waals surface area (Å²) in [6, 6.07) is 0. The van der Waals surface area contributed by atoms with Crippen LogP contribution in [0.5, 0.6) is 0 Å². The van der Waals surface area contributed by atoms with Crippen molar-refractivity contribution < 1.29 is 18.4 Å². The molecule has 0 aromatic heterocycles. The minimum Gasteiger partial charge on any atom is -0.367 e. The largest absolute Gasteiger partial charge is 0.674 e. The van der Waals surface area contributed by atoms with Gasteiger partial charge in [-0.1, -0.05) is 19.8 Å². The molecule has 0 fully saturated rings. The smallest absolute Gasteiger partial charge is 0.367 e. The Morgan fingerprint density at radius 3 is 2.25 bits per heavy atom. The van der Waals surface area contributed by atoms with E-state index in [4.69, 9.17) is 14.0 Å². The molecule has 2 N–H and O–H groups in total. The summed E-state index contributed by atoms with van der Waals surface area (Å²) in [4.78, 5) is 18.1. The predicted octanol–water partition coefficient (Wildman–Crippen LogP) is 0.650. The van der Waals surface area contributed by atoms with Crippen molar-refractivity contribution in [3.8, 4) is 0 Å². The van der Waals surface area contributed by atoms with Gasteiger partial charge in [-0.25, -0.2) is 0 Å². The summed E-state index contributed by atoms with van der Waals surface area (Å²) < 4.78 is 9.44. The highest BCUT2D eigenvalue weighted by molar-refractivity contribution is 6.50. The van der Waals surface area contributed by atoms with E-state index in [1.165, 1.54) is 0 Å². The fourth-order valence-electron chi connectivity index (χ4n) is 0.787. The van der Waals surface area contributed by atoms with Gasteiger partial charge in [0.15, 0.2) is 0 Å². The van der Waals surface area contributed by atoms with Crippen LogP contribution in [0.1, 0.15) is 33.1 Å². The monoisotopic (exact) mass is 194 g/mol. The molecule has 12 heavy (non-hydrogen) atoms. The molecule has 74 valence electrons. The molecule has 0 aromatic carbocycles. The molecule has 0 bridgehead atoms. The first-order valence-corrected chi connectivity index (χ1v) is 6.06. The molecule has 4 nitrogen and oxygen atoms in total. The summed E-state index contributed by atoms with van der Waals surface area (Å²) in [6.07, 6.45) is 2.97. The Morgan fingerprint density at radius 2 is 1.75 bits per heavy atom. The number of rotatable bonds is 7. The topological polar surface area (TPSA) is 58.9 Å². The first-order valence-electron chi connectivity index (χ1n) is 4.35. The first kappa shape index (κ1) is 12.1. The van der Waals surface area contributed by atoms with Crippen LogP contribution in [0, 0.1) is 0 Å². The summed E-state index contributed by atoms with van der Waals surface area (Å²) in [5.41, 5.74) is 0. The molecular weight excluding hydrogens is 176 g/mol. The molecule has 0 radical (unpaired) electrons. The number of hydrogen-bond donors (Lipinski definition) is 2. The maximum Gasteiger partial charge on any atom is 0.674 e. The van der Waals surface area contributed by atoms with Gasteiger partial charge in [-0.15, -0.1) is 0 Å². The Labute approximate surface area is 74.6 Å². The Morgan fingerprint density at radius 1 is 1.08 bits per heavy atom. The molecule has 5 heteroatoms. The molecule has 0 saturated heterocycles. The van der Waals surface area contributed by atoms with Crippen LogP contribution in [-0.4, -0.2) is 31.9 Å². The number of unbranched alkanes of at least 4 members (excludes halogenated alkanes) is 2. The SMILES string of the molecule is CCCCCO[Si](O)(O)OCC. The van der Waals surface area contributed by atoms with Crippen molar-refractivity contribution in [3.05, 3.63) is 0 Å². The van der Waals surface area contributed by atoms with E-state index in [9.17, 15) is 0 Å². The van der Waals surface area contributed by atoms with E-state index in [1.807, 2.05) is 0 Å². The van der Waals surface area contributed by atoms with Crippen LogP contribution in [0.3, 0.4) is 0 Å². The van der Waals surface area contributed by atoms with Gasteiger partial charge in [0.2, 0.25) is 0 Å². The van der Waals surface area contributed by atoms with Gasteiger partial charge < -0.3 is 18.4 Å². The molecular formula is C7H18O4Si. The highest BCUT2D eigenvalue weighted by Gasteiger charge is 2.35. The minimum atomic E-state index is -3.75. The highest BCUT2D eigenvalue weighted by Crippen LogP contribution is 2.01. The van der Waals surface area contributed by atoms with Crippen molar-refractivity contribution >= 4 is 9.05 Å². The van der Waals surface area contributed by atoms with Gasteiger partial charge in [-0.3, -0.25) is 0 Å². The molecule has 0 aromatic rings. The molecule has 0 aliphatic carbocycles. The fourth-order valence-corrected chi connectivity index (χ4v) is 1.66. The molecule has 0 saturated carbocycles. The summed E-state index contributed by atoms with van der Waals surface area (Å²) in [5.74, 6) is 0. The minimum absolute atomic E-state index is 0.271. The van der Waals surface area contributed by atoms with Gasteiger partial charge in [0.1, 0.15) is 0 Å². The summed E-state index contributed by atoms with van der Waals surface area (Å²) >= 11 is 0. The third-order valence-electron chi connectivity index (χ3n) is 1.37. The molecule has 0 amide bonds. The fraction of sp³-hybridized carbons (Fsp3) is 1.00. The van der Waals surface area contributed by atoms with E-state index in [1.54, 1.807) is 6.92 Å². The Hall–Kier alpha value is 0.0569. The number of hydrogen-bond acceptors (Lipinski definition) is 4. The zero-order valence-electron chi connectivity index (χ0n) is 7.75. The van der Waals surface area contributed by atoms with Crippen molar-refractivity contribution in [2.75, 3.05) is 13.2 Å². The molecule has 0 spiro atoms. The average molecular weight is 194 g/mol. The average Bonchev–Trinajstić information content (AvgIpc) is 1.98. The van der Waals surface area contributed by atoms with Crippen molar-refractivity contribution in [1.29, 1.82) is 0 Å². The van der Waals surface area contributed by atoms with Crippen LogP contribution in [0.25, 0.3) is 0 Å². The Kier molecular flexibility index (Phi) is 6.59. The third kappa shape index (κ3) is 6.75. The van der Waals surface area contributed by atoms with Gasteiger partial charge in [0.05, 0.1) is 0 Å². The lowest BCUT2D eigenvalue weighted by Crippen LogP contribution is -2.43. The quantitative estimate of drug-likeness (QED) is 0.461. The van der Waals surface area contributed by atoms with Gasteiger partial charge >= 0.3 is 9.05 Å². The van der Waals surface area contributed by atoms with E-state index < -0.39 is 9.05 Å². The maximum atomic E-state index is 9.06. The van der Waals surface area contributed by atoms with Crippen molar-refractivity contribution in [2.45, 2.75) is 33.1 Å². The van der Waals surface area contributed by atoms with Crippen LogP contribution in [0.4, 0.5) is 0 Å². The van der Waals surface area contributed by atoms with E-state index in [0.717, 1.165) is 19.3 Å². The zero-order valence-corrected chi connectivity index (χ0v) is 8.75. The molecule has 0 aliphatic rings. The normalized spacial score (nSPS) is 12.0. The van der Waals surface area contributed by atoms with Crippen LogP contribution in [0.2, 0.25) is 0 Å². The van der Waals surface area contributed by atoms with Crippen molar-refractivity contribution in [2.24, 2.45) is 0 Å². The lowest BCUT2D eigenvalue weighted by molar-refractivity contribution is 0.0268. The zero-order chi connectivity index (χ0) is 9.45. The maximum absolute atomic E-state index is 9.06. The summed E-state index contributed by atoms with van der Waals surface area (Å²) in [5, 5.41) is 0. The Bertz CT molecular complexity index is 108. The van der Waals surface area contributed by atoms with Crippen LogP contribution in [0.15, 0.2) is 0 Å². The molecule has 0 rings (SSSR count). The van der Waals surface area contributed by atoms with Crippen LogP contribution in [-0.2, 0) is 8.85 Å². The lowest BCUT2D eigenvalue weighted by atomic mass is 10.3. The van der Waals surface area contributed by atoms with Gasteiger partial charge in [-0.05, 0) is 13.3 Å². The van der Waals surface area contributed by atoms with E-state index in [-0.39, 0.29) is 6.61 Å². The summed E-state index contributed by atoms with van der Waals surface area (Å²) in [7, 11) is -3.75. The van der Waals surface area contributed by atoms with Gasteiger partial charge in [0, 0.05) is 13.2 Å². The molecule has 0 atom stereocenters. The van der Waals surface area contributed by atoms with Gasteiger partial charge in [0.25, 0.3) is 0 Å². The lowest BCUT2D eigenvalue weighted by Gasteiger charge is -2.15. The van der Waals surface area contributed by atoms with Crippen LogP contribution < -0.4 is 0 Å². The van der Waals surface area contributed by atoms with Crippen LogP contribution >= 0.6 is 0 Å². The molecule has 0 aliphatic heterocycles. The summed E-state index contributed by atoms with van der Waals surface area (Å²) in [6.45, 7) is 4.41. The predicted molar refractivity (Wildman–Crippen MR) is 47.3 cm³/mol. The molecule has 0 unspecified atom stereocenters. The highest BCUT2D eigenvalue weighted by atomic mass is 28.4. The standard InChI is InChI=1S/C7H18O4Si/c1-3-5-6-7-11-12(8,9)10-4-2/h8-9H,3-7H2,1-2H3.